The van der Waals surface area contributed by atoms with Crippen LogP contribution in [0.15, 0.2) is 48.5 Å². The van der Waals surface area contributed by atoms with Crippen molar-refractivity contribution in [2.75, 3.05) is 0 Å². The molecule has 0 aromatic heterocycles. The molecule has 19 heavy (non-hydrogen) atoms. The van der Waals surface area contributed by atoms with Crippen molar-refractivity contribution in [1.82, 2.24) is 5.48 Å². The van der Waals surface area contributed by atoms with E-state index in [1.165, 1.54) is 17.6 Å². The predicted octanol–water partition coefficient (Wildman–Crippen LogP) is 2.52. The lowest BCUT2D eigenvalue weighted by Crippen LogP contribution is -2.19. The molecule has 5 heteroatoms. The van der Waals surface area contributed by atoms with E-state index >= 15 is 0 Å². The molecule has 0 saturated carbocycles. The summed E-state index contributed by atoms with van der Waals surface area (Å²) in [6.45, 7) is 0.248. The Hall–Kier alpha value is -2.40. The number of hydrogen-bond donors (Lipinski definition) is 2. The Bertz CT molecular complexity index is 572. The maximum Gasteiger partial charge on any atom is 0.278 e. The van der Waals surface area contributed by atoms with Gasteiger partial charge in [-0.3, -0.25) is 10.0 Å². The Kier molecular flexibility index (Phi) is 4.10. The molecule has 1 amide bonds. The Balaban J connectivity index is 2.18. The standard InChI is InChI=1S/C14H12FNO3/c15-11-6-7-13(12(8-11)14(17)16-18)19-9-10-4-2-1-3-5-10/h1-8,18H,9H2,(H,16,17). The van der Waals surface area contributed by atoms with Crippen LogP contribution in [0, 0.1) is 5.82 Å². The average molecular weight is 261 g/mol. The minimum Gasteiger partial charge on any atom is -0.488 e. The van der Waals surface area contributed by atoms with Gasteiger partial charge in [-0.05, 0) is 23.8 Å². The lowest BCUT2D eigenvalue weighted by atomic mass is 10.2. The second-order valence-electron chi connectivity index (χ2n) is 3.86. The summed E-state index contributed by atoms with van der Waals surface area (Å²) in [6.07, 6.45) is 0. The van der Waals surface area contributed by atoms with E-state index in [9.17, 15) is 9.18 Å². The van der Waals surface area contributed by atoms with Crippen LogP contribution in [-0.4, -0.2) is 11.1 Å². The van der Waals surface area contributed by atoms with Crippen LogP contribution in [0.1, 0.15) is 15.9 Å². The third kappa shape index (κ3) is 3.29. The van der Waals surface area contributed by atoms with E-state index in [-0.39, 0.29) is 17.9 Å². The molecular formula is C14H12FNO3. The van der Waals surface area contributed by atoms with Crippen LogP contribution in [0.25, 0.3) is 0 Å². The van der Waals surface area contributed by atoms with E-state index in [1.807, 2.05) is 30.3 Å². The number of halogens is 1. The molecule has 0 radical (unpaired) electrons. The predicted molar refractivity (Wildman–Crippen MR) is 66.4 cm³/mol. The van der Waals surface area contributed by atoms with E-state index < -0.39 is 11.7 Å². The Morgan fingerprint density at radius 3 is 2.63 bits per heavy atom. The van der Waals surface area contributed by atoms with Crippen LogP contribution in [0.3, 0.4) is 0 Å². The molecule has 2 aromatic rings. The van der Waals surface area contributed by atoms with Gasteiger partial charge in [0.05, 0.1) is 5.56 Å². The number of benzene rings is 2. The number of rotatable bonds is 4. The summed E-state index contributed by atoms with van der Waals surface area (Å²) >= 11 is 0. The van der Waals surface area contributed by atoms with Gasteiger partial charge in [0.2, 0.25) is 0 Å². The molecule has 0 atom stereocenters. The number of carbonyl (C=O) groups excluding carboxylic acids is 1. The molecule has 0 unspecified atom stereocenters. The smallest absolute Gasteiger partial charge is 0.278 e. The first-order valence-electron chi connectivity index (χ1n) is 5.61. The van der Waals surface area contributed by atoms with Crippen molar-refractivity contribution < 1.29 is 19.1 Å². The van der Waals surface area contributed by atoms with Crippen LogP contribution in [0.4, 0.5) is 4.39 Å². The zero-order chi connectivity index (χ0) is 13.7. The minimum absolute atomic E-state index is 0.0570. The van der Waals surface area contributed by atoms with Gasteiger partial charge >= 0.3 is 0 Å². The number of hydroxylamine groups is 1. The minimum atomic E-state index is -0.817. The summed E-state index contributed by atoms with van der Waals surface area (Å²) in [5, 5.41) is 8.61. The molecule has 0 aliphatic carbocycles. The van der Waals surface area contributed by atoms with Crippen LogP contribution in [0.2, 0.25) is 0 Å². The highest BCUT2D eigenvalue weighted by Crippen LogP contribution is 2.20. The monoisotopic (exact) mass is 261 g/mol. The first kappa shape index (κ1) is 13.0. The second kappa shape index (κ2) is 5.97. The van der Waals surface area contributed by atoms with Crippen molar-refractivity contribution in [3.05, 3.63) is 65.5 Å². The topological polar surface area (TPSA) is 58.6 Å². The molecular weight excluding hydrogens is 249 g/mol. The van der Waals surface area contributed by atoms with E-state index in [2.05, 4.69) is 0 Å². The van der Waals surface area contributed by atoms with Crippen LogP contribution >= 0.6 is 0 Å². The van der Waals surface area contributed by atoms with Crippen LogP contribution in [0.5, 0.6) is 5.75 Å². The molecule has 0 saturated heterocycles. The zero-order valence-corrected chi connectivity index (χ0v) is 9.97. The van der Waals surface area contributed by atoms with Crippen molar-refractivity contribution >= 4 is 5.91 Å². The summed E-state index contributed by atoms with van der Waals surface area (Å²) in [5.74, 6) is -1.19. The van der Waals surface area contributed by atoms with Gasteiger partial charge in [-0.15, -0.1) is 0 Å². The van der Waals surface area contributed by atoms with Crippen molar-refractivity contribution in [2.24, 2.45) is 0 Å². The van der Waals surface area contributed by atoms with Crippen molar-refractivity contribution in [2.45, 2.75) is 6.61 Å². The number of nitrogens with one attached hydrogen (secondary N) is 1. The third-order valence-electron chi connectivity index (χ3n) is 2.52. The highest BCUT2D eigenvalue weighted by molar-refractivity contribution is 5.96. The molecule has 2 aromatic carbocycles. The van der Waals surface area contributed by atoms with E-state index in [0.29, 0.717) is 0 Å². The van der Waals surface area contributed by atoms with Gasteiger partial charge in [0.15, 0.2) is 0 Å². The molecule has 0 fully saturated rings. The van der Waals surface area contributed by atoms with E-state index in [0.717, 1.165) is 11.6 Å². The molecule has 98 valence electrons. The van der Waals surface area contributed by atoms with Crippen LogP contribution < -0.4 is 10.2 Å². The first-order valence-corrected chi connectivity index (χ1v) is 5.61. The van der Waals surface area contributed by atoms with Gasteiger partial charge in [0.1, 0.15) is 18.2 Å². The summed E-state index contributed by atoms with van der Waals surface area (Å²) in [4.78, 5) is 11.4. The van der Waals surface area contributed by atoms with Crippen molar-refractivity contribution in [3.63, 3.8) is 0 Å². The molecule has 2 N–H and O–H groups in total. The van der Waals surface area contributed by atoms with Gasteiger partial charge in [0.25, 0.3) is 5.91 Å². The van der Waals surface area contributed by atoms with Gasteiger partial charge in [-0.1, -0.05) is 30.3 Å². The van der Waals surface area contributed by atoms with Gasteiger partial charge in [-0.2, -0.15) is 0 Å². The zero-order valence-electron chi connectivity index (χ0n) is 9.97. The highest BCUT2D eigenvalue weighted by Gasteiger charge is 2.13. The second-order valence-corrected chi connectivity index (χ2v) is 3.86. The number of hydrogen-bond acceptors (Lipinski definition) is 3. The van der Waals surface area contributed by atoms with Gasteiger partial charge < -0.3 is 4.74 Å². The van der Waals surface area contributed by atoms with E-state index in [4.69, 9.17) is 9.94 Å². The Morgan fingerprint density at radius 2 is 1.95 bits per heavy atom. The third-order valence-corrected chi connectivity index (χ3v) is 2.52. The SMILES string of the molecule is O=C(NO)c1cc(F)ccc1OCc1ccccc1. The first-order chi connectivity index (χ1) is 9.20. The Morgan fingerprint density at radius 1 is 1.21 bits per heavy atom. The molecule has 0 aliphatic heterocycles. The fourth-order valence-corrected chi connectivity index (χ4v) is 1.60. The number of carbonyl (C=O) groups is 1. The molecule has 0 aliphatic rings. The largest absolute Gasteiger partial charge is 0.488 e. The van der Waals surface area contributed by atoms with Gasteiger partial charge in [-0.25, -0.2) is 9.87 Å². The van der Waals surface area contributed by atoms with Gasteiger partial charge in [0, 0.05) is 0 Å². The summed E-state index contributed by atoms with van der Waals surface area (Å²) in [6, 6.07) is 12.9. The normalized spacial score (nSPS) is 10.0. The lowest BCUT2D eigenvalue weighted by molar-refractivity contribution is 0.0701. The average Bonchev–Trinajstić information content (AvgIpc) is 2.46. The summed E-state index contributed by atoms with van der Waals surface area (Å²) < 4.78 is 18.6. The Labute approximate surface area is 109 Å². The molecule has 4 nitrogen and oxygen atoms in total. The molecule has 0 spiro atoms. The maximum absolute atomic E-state index is 13.1. The number of ether oxygens (including phenoxy) is 1. The van der Waals surface area contributed by atoms with E-state index in [1.54, 1.807) is 0 Å². The number of amides is 1. The molecule has 0 heterocycles. The van der Waals surface area contributed by atoms with Crippen molar-refractivity contribution in [3.8, 4) is 5.75 Å². The molecule has 0 bridgehead atoms. The summed E-state index contributed by atoms with van der Waals surface area (Å²) in [7, 11) is 0. The molecule has 2 rings (SSSR count). The highest BCUT2D eigenvalue weighted by atomic mass is 19.1. The lowest BCUT2D eigenvalue weighted by Gasteiger charge is -2.10. The summed E-state index contributed by atoms with van der Waals surface area (Å²) in [5.41, 5.74) is 2.32. The van der Waals surface area contributed by atoms with Crippen LogP contribution in [-0.2, 0) is 6.61 Å². The fourth-order valence-electron chi connectivity index (χ4n) is 1.60. The fraction of sp³-hybridized carbons (Fsp3) is 0.0714. The maximum atomic E-state index is 13.1. The van der Waals surface area contributed by atoms with Crippen molar-refractivity contribution in [1.29, 1.82) is 0 Å². The quantitative estimate of drug-likeness (QED) is 0.656.